The van der Waals surface area contributed by atoms with Gasteiger partial charge in [-0.05, 0) is 38.5 Å². The average molecular weight is 265 g/mol. The Hall–Kier alpha value is -0.340. The lowest BCUT2D eigenvalue weighted by atomic mass is 9.83. The molecule has 2 nitrogen and oxygen atoms in total. The lowest BCUT2D eigenvalue weighted by molar-refractivity contribution is 0.0823. The summed E-state index contributed by atoms with van der Waals surface area (Å²) in [6, 6.07) is 0.565. The molecule has 2 heteroatoms. The Bertz CT molecular complexity index is 292. The van der Waals surface area contributed by atoms with Gasteiger partial charge in [-0.3, -0.25) is 0 Å². The standard InChI is InChI=1S/C17H31NO/c1-13(2)18-12-16(15-7-5-4-6-8-15)11-17-10-9-14(3)19-17/h11,13-15,17-18H,4-10,12H2,1-3H3/b16-11-. The normalized spacial score (nSPS) is 30.2. The largest absolute Gasteiger partial charge is 0.371 e. The number of rotatable bonds is 5. The molecule has 110 valence electrons. The van der Waals surface area contributed by atoms with Crippen LogP contribution in [0.1, 0.15) is 65.7 Å². The Morgan fingerprint density at radius 2 is 1.89 bits per heavy atom. The number of ether oxygens (including phenoxy) is 1. The first kappa shape index (κ1) is 15.1. The smallest absolute Gasteiger partial charge is 0.0763 e. The Labute approximate surface area is 119 Å². The van der Waals surface area contributed by atoms with Gasteiger partial charge in [0.2, 0.25) is 0 Å². The van der Waals surface area contributed by atoms with E-state index in [4.69, 9.17) is 4.74 Å². The van der Waals surface area contributed by atoms with Crippen LogP contribution in [0.15, 0.2) is 11.6 Å². The van der Waals surface area contributed by atoms with Gasteiger partial charge in [0.1, 0.15) is 0 Å². The second kappa shape index (κ2) is 7.44. The fourth-order valence-corrected chi connectivity index (χ4v) is 3.33. The highest BCUT2D eigenvalue weighted by Crippen LogP contribution is 2.31. The molecule has 0 spiro atoms. The van der Waals surface area contributed by atoms with Crippen LogP contribution >= 0.6 is 0 Å². The molecule has 0 aromatic rings. The third kappa shape index (κ3) is 4.92. The van der Waals surface area contributed by atoms with E-state index in [1.165, 1.54) is 44.9 Å². The molecular weight excluding hydrogens is 234 g/mol. The minimum Gasteiger partial charge on any atom is -0.371 e. The van der Waals surface area contributed by atoms with Crippen molar-refractivity contribution in [3.63, 3.8) is 0 Å². The molecule has 1 saturated heterocycles. The molecule has 0 aromatic heterocycles. The molecule has 2 aliphatic rings. The molecule has 0 amide bonds. The SMILES string of the molecule is CC(C)NC/C(=C/C1CCC(C)O1)C1CCCCC1. The first-order valence-corrected chi connectivity index (χ1v) is 8.24. The molecule has 2 fully saturated rings. The van der Waals surface area contributed by atoms with Crippen molar-refractivity contribution in [2.75, 3.05) is 6.54 Å². The highest BCUT2D eigenvalue weighted by atomic mass is 16.5. The molecular formula is C17H31NO. The second-order valence-electron chi connectivity index (χ2n) is 6.67. The van der Waals surface area contributed by atoms with Gasteiger partial charge in [-0.1, -0.05) is 44.8 Å². The summed E-state index contributed by atoms with van der Waals surface area (Å²) in [7, 11) is 0. The van der Waals surface area contributed by atoms with Crippen LogP contribution in [0.4, 0.5) is 0 Å². The van der Waals surface area contributed by atoms with Gasteiger partial charge in [-0.25, -0.2) is 0 Å². The monoisotopic (exact) mass is 265 g/mol. The Morgan fingerprint density at radius 1 is 1.16 bits per heavy atom. The van der Waals surface area contributed by atoms with Crippen LogP contribution in [0.3, 0.4) is 0 Å². The summed E-state index contributed by atoms with van der Waals surface area (Å²) < 4.78 is 5.99. The summed E-state index contributed by atoms with van der Waals surface area (Å²) in [4.78, 5) is 0. The molecule has 1 heterocycles. The molecule has 2 unspecified atom stereocenters. The summed E-state index contributed by atoms with van der Waals surface area (Å²) in [5, 5.41) is 3.60. The predicted octanol–water partition coefficient (Wildman–Crippen LogP) is 4.06. The van der Waals surface area contributed by atoms with E-state index in [9.17, 15) is 0 Å². The van der Waals surface area contributed by atoms with Gasteiger partial charge in [-0.15, -0.1) is 0 Å². The van der Waals surface area contributed by atoms with Gasteiger partial charge < -0.3 is 10.1 Å². The van der Waals surface area contributed by atoms with Crippen LogP contribution in [0, 0.1) is 5.92 Å². The lowest BCUT2D eigenvalue weighted by Crippen LogP contribution is -2.28. The van der Waals surface area contributed by atoms with Crippen molar-refractivity contribution in [1.29, 1.82) is 0 Å². The van der Waals surface area contributed by atoms with Crippen molar-refractivity contribution >= 4 is 0 Å². The predicted molar refractivity (Wildman–Crippen MR) is 81.4 cm³/mol. The van der Waals surface area contributed by atoms with Crippen LogP contribution in [-0.4, -0.2) is 24.8 Å². The molecule has 19 heavy (non-hydrogen) atoms. The van der Waals surface area contributed by atoms with E-state index in [0.29, 0.717) is 18.2 Å². The fourth-order valence-electron chi connectivity index (χ4n) is 3.33. The van der Waals surface area contributed by atoms with E-state index >= 15 is 0 Å². The molecule has 1 N–H and O–H groups in total. The van der Waals surface area contributed by atoms with Gasteiger partial charge in [0.05, 0.1) is 12.2 Å². The first-order valence-electron chi connectivity index (χ1n) is 8.24. The number of hydrogen-bond acceptors (Lipinski definition) is 2. The third-order valence-corrected chi connectivity index (χ3v) is 4.51. The highest BCUT2D eigenvalue weighted by molar-refractivity contribution is 5.13. The van der Waals surface area contributed by atoms with E-state index in [0.717, 1.165) is 12.5 Å². The second-order valence-corrected chi connectivity index (χ2v) is 6.67. The molecule has 2 atom stereocenters. The minimum absolute atomic E-state index is 0.376. The van der Waals surface area contributed by atoms with Crippen LogP contribution in [-0.2, 0) is 4.74 Å². The first-order chi connectivity index (χ1) is 9.15. The van der Waals surface area contributed by atoms with E-state index in [-0.39, 0.29) is 0 Å². The maximum atomic E-state index is 5.99. The molecule has 0 aromatic carbocycles. The van der Waals surface area contributed by atoms with E-state index in [1.54, 1.807) is 5.57 Å². The van der Waals surface area contributed by atoms with Crippen LogP contribution in [0.25, 0.3) is 0 Å². The van der Waals surface area contributed by atoms with Crippen LogP contribution < -0.4 is 5.32 Å². The molecule has 2 rings (SSSR count). The van der Waals surface area contributed by atoms with Crippen molar-refractivity contribution in [3.8, 4) is 0 Å². The number of nitrogens with one attached hydrogen (secondary N) is 1. The lowest BCUT2D eigenvalue weighted by Gasteiger charge is -2.26. The van der Waals surface area contributed by atoms with Gasteiger partial charge in [0.15, 0.2) is 0 Å². The molecule has 1 saturated carbocycles. The Balaban J connectivity index is 1.97. The van der Waals surface area contributed by atoms with E-state index in [2.05, 4.69) is 32.2 Å². The molecule has 0 radical (unpaired) electrons. The van der Waals surface area contributed by atoms with Crippen LogP contribution in [0.2, 0.25) is 0 Å². The summed E-state index contributed by atoms with van der Waals surface area (Å²) >= 11 is 0. The third-order valence-electron chi connectivity index (χ3n) is 4.51. The zero-order chi connectivity index (χ0) is 13.7. The van der Waals surface area contributed by atoms with Crippen LogP contribution in [0.5, 0.6) is 0 Å². The zero-order valence-electron chi connectivity index (χ0n) is 13.0. The van der Waals surface area contributed by atoms with Gasteiger partial charge in [0, 0.05) is 12.6 Å². The van der Waals surface area contributed by atoms with Crippen molar-refractivity contribution in [2.24, 2.45) is 5.92 Å². The quantitative estimate of drug-likeness (QED) is 0.757. The van der Waals surface area contributed by atoms with Crippen molar-refractivity contribution in [1.82, 2.24) is 5.32 Å². The zero-order valence-corrected chi connectivity index (χ0v) is 13.0. The fraction of sp³-hybridized carbons (Fsp3) is 0.882. The summed E-state index contributed by atoms with van der Waals surface area (Å²) in [5.74, 6) is 0.805. The van der Waals surface area contributed by atoms with Crippen molar-refractivity contribution in [2.45, 2.75) is 84.0 Å². The van der Waals surface area contributed by atoms with Gasteiger partial charge >= 0.3 is 0 Å². The average Bonchev–Trinajstić information content (AvgIpc) is 2.81. The highest BCUT2D eigenvalue weighted by Gasteiger charge is 2.23. The molecule has 1 aliphatic carbocycles. The topological polar surface area (TPSA) is 21.3 Å². The van der Waals surface area contributed by atoms with Crippen molar-refractivity contribution in [3.05, 3.63) is 11.6 Å². The Kier molecular flexibility index (Phi) is 5.90. The summed E-state index contributed by atoms with van der Waals surface area (Å²) in [6.07, 6.45) is 12.7. The minimum atomic E-state index is 0.376. The van der Waals surface area contributed by atoms with E-state index in [1.807, 2.05) is 0 Å². The summed E-state index contributed by atoms with van der Waals surface area (Å²) in [6.45, 7) is 7.70. The molecule has 1 aliphatic heterocycles. The maximum Gasteiger partial charge on any atom is 0.0763 e. The number of hydrogen-bond donors (Lipinski definition) is 1. The van der Waals surface area contributed by atoms with Gasteiger partial charge in [0.25, 0.3) is 0 Å². The van der Waals surface area contributed by atoms with Crippen molar-refractivity contribution < 1.29 is 4.74 Å². The maximum absolute atomic E-state index is 5.99. The molecule has 0 bridgehead atoms. The van der Waals surface area contributed by atoms with E-state index < -0.39 is 0 Å². The Morgan fingerprint density at radius 3 is 2.47 bits per heavy atom. The van der Waals surface area contributed by atoms with Gasteiger partial charge in [-0.2, -0.15) is 0 Å². The summed E-state index contributed by atoms with van der Waals surface area (Å²) in [5.41, 5.74) is 1.62.